The minimum absolute atomic E-state index is 0.0513. The Bertz CT molecular complexity index is 414. The summed E-state index contributed by atoms with van der Waals surface area (Å²) < 4.78 is 4.59. The summed E-state index contributed by atoms with van der Waals surface area (Å²) in [6, 6.07) is 4.91. The normalized spacial score (nSPS) is 9.88. The molecule has 1 aromatic carbocycles. The van der Waals surface area contributed by atoms with E-state index in [1.54, 1.807) is 18.2 Å². The summed E-state index contributed by atoms with van der Waals surface area (Å²) in [4.78, 5) is 21.9. The van der Waals surface area contributed by atoms with Crippen LogP contribution in [-0.4, -0.2) is 24.2 Å². The molecule has 5 heteroatoms. The average molecular weight is 243 g/mol. The highest BCUT2D eigenvalue weighted by Gasteiger charge is 2.16. The summed E-state index contributed by atoms with van der Waals surface area (Å²) in [5.41, 5.74) is 0.828. The molecular formula is C11H11ClO4. The van der Waals surface area contributed by atoms with Gasteiger partial charge in [0.15, 0.2) is 0 Å². The van der Waals surface area contributed by atoms with Gasteiger partial charge in [0.1, 0.15) is 0 Å². The summed E-state index contributed by atoms with van der Waals surface area (Å²) in [5.74, 6) is -1.47. The third-order valence-corrected chi connectivity index (χ3v) is 2.41. The lowest BCUT2D eigenvalue weighted by Crippen LogP contribution is -2.08. The summed E-state index contributed by atoms with van der Waals surface area (Å²) in [7, 11) is 1.26. The molecule has 0 aromatic heterocycles. The van der Waals surface area contributed by atoms with Crippen molar-refractivity contribution in [1.29, 1.82) is 0 Å². The minimum atomic E-state index is -0.921. The fraction of sp³-hybridized carbons (Fsp3) is 0.273. The summed E-state index contributed by atoms with van der Waals surface area (Å²) in [5, 5.41) is 8.85. The van der Waals surface area contributed by atoms with Gasteiger partial charge in [-0.25, -0.2) is 4.79 Å². The van der Waals surface area contributed by atoms with Gasteiger partial charge in [-0.3, -0.25) is 4.79 Å². The van der Waals surface area contributed by atoms with Crippen molar-refractivity contribution in [2.75, 3.05) is 7.11 Å². The van der Waals surface area contributed by atoms with E-state index >= 15 is 0 Å². The van der Waals surface area contributed by atoms with Crippen molar-refractivity contribution >= 4 is 23.5 Å². The van der Waals surface area contributed by atoms with Crippen molar-refractivity contribution < 1.29 is 19.4 Å². The molecule has 0 bridgehead atoms. The number of halogens is 1. The van der Waals surface area contributed by atoms with Crippen molar-refractivity contribution in [3.8, 4) is 0 Å². The van der Waals surface area contributed by atoms with E-state index in [9.17, 15) is 9.59 Å². The number of esters is 1. The third kappa shape index (κ3) is 2.97. The van der Waals surface area contributed by atoms with Crippen molar-refractivity contribution in [1.82, 2.24) is 0 Å². The van der Waals surface area contributed by atoms with Gasteiger partial charge < -0.3 is 9.84 Å². The van der Waals surface area contributed by atoms with Gasteiger partial charge in [0.25, 0.3) is 0 Å². The molecule has 0 saturated carbocycles. The second kappa shape index (κ2) is 5.51. The van der Waals surface area contributed by atoms with Gasteiger partial charge in [0.05, 0.1) is 17.7 Å². The second-order valence-electron chi connectivity index (χ2n) is 3.16. The number of carbonyl (C=O) groups is 2. The van der Waals surface area contributed by atoms with Gasteiger partial charge in [-0.1, -0.05) is 23.7 Å². The van der Waals surface area contributed by atoms with E-state index < -0.39 is 11.9 Å². The SMILES string of the molecule is COC(=O)c1c(Cl)cccc1CCC(=O)O. The zero-order valence-corrected chi connectivity index (χ0v) is 9.45. The van der Waals surface area contributed by atoms with Crippen molar-refractivity contribution in [3.05, 3.63) is 34.3 Å². The van der Waals surface area contributed by atoms with E-state index in [2.05, 4.69) is 4.74 Å². The number of carbonyl (C=O) groups excluding carboxylic acids is 1. The van der Waals surface area contributed by atoms with Crippen molar-refractivity contribution in [2.24, 2.45) is 0 Å². The van der Waals surface area contributed by atoms with E-state index in [1.807, 2.05) is 0 Å². The Hall–Kier alpha value is -1.55. The molecule has 0 fully saturated rings. The van der Waals surface area contributed by atoms with Gasteiger partial charge in [-0.2, -0.15) is 0 Å². The Morgan fingerprint density at radius 2 is 2.12 bits per heavy atom. The Labute approximate surface area is 97.8 Å². The van der Waals surface area contributed by atoms with Crippen LogP contribution in [-0.2, 0) is 16.0 Å². The van der Waals surface area contributed by atoms with Gasteiger partial charge in [-0.05, 0) is 18.1 Å². The highest BCUT2D eigenvalue weighted by molar-refractivity contribution is 6.33. The van der Waals surface area contributed by atoms with E-state index in [4.69, 9.17) is 16.7 Å². The lowest BCUT2D eigenvalue weighted by atomic mass is 10.0. The number of benzene rings is 1. The van der Waals surface area contributed by atoms with Crippen LogP contribution in [0.2, 0.25) is 5.02 Å². The maximum Gasteiger partial charge on any atom is 0.339 e. The molecule has 16 heavy (non-hydrogen) atoms. The molecule has 1 rings (SSSR count). The van der Waals surface area contributed by atoms with Crippen LogP contribution in [0.5, 0.6) is 0 Å². The molecule has 0 amide bonds. The molecule has 0 aliphatic carbocycles. The highest BCUT2D eigenvalue weighted by Crippen LogP contribution is 2.22. The molecule has 0 radical (unpaired) electrons. The number of hydrogen-bond acceptors (Lipinski definition) is 3. The van der Waals surface area contributed by atoms with Crippen LogP contribution >= 0.6 is 11.6 Å². The zero-order chi connectivity index (χ0) is 12.1. The topological polar surface area (TPSA) is 63.6 Å². The number of hydrogen-bond donors (Lipinski definition) is 1. The number of rotatable bonds is 4. The maximum absolute atomic E-state index is 11.4. The second-order valence-corrected chi connectivity index (χ2v) is 3.57. The number of carboxylic acid groups (broad SMARTS) is 1. The number of aryl methyl sites for hydroxylation is 1. The Morgan fingerprint density at radius 1 is 1.44 bits per heavy atom. The zero-order valence-electron chi connectivity index (χ0n) is 8.70. The van der Waals surface area contributed by atoms with Crippen LogP contribution in [0.3, 0.4) is 0 Å². The van der Waals surface area contributed by atoms with Crippen LogP contribution in [0.1, 0.15) is 22.3 Å². The minimum Gasteiger partial charge on any atom is -0.481 e. The molecule has 0 saturated heterocycles. The maximum atomic E-state index is 11.4. The first-order valence-corrected chi connectivity index (χ1v) is 5.01. The molecule has 1 N–H and O–H groups in total. The van der Waals surface area contributed by atoms with Gasteiger partial charge in [0, 0.05) is 6.42 Å². The fourth-order valence-corrected chi connectivity index (χ4v) is 1.62. The molecule has 0 unspecified atom stereocenters. The fourth-order valence-electron chi connectivity index (χ4n) is 1.35. The monoisotopic (exact) mass is 242 g/mol. The first-order chi connectivity index (χ1) is 7.56. The predicted molar refractivity (Wildman–Crippen MR) is 58.7 cm³/mol. The Balaban J connectivity index is 3.03. The van der Waals surface area contributed by atoms with Crippen LogP contribution in [0.4, 0.5) is 0 Å². The molecule has 0 heterocycles. The Kier molecular flexibility index (Phi) is 4.31. The van der Waals surface area contributed by atoms with Gasteiger partial charge in [-0.15, -0.1) is 0 Å². The van der Waals surface area contributed by atoms with Crippen LogP contribution in [0.15, 0.2) is 18.2 Å². The molecule has 86 valence electrons. The smallest absolute Gasteiger partial charge is 0.339 e. The number of aliphatic carboxylic acids is 1. The van der Waals surface area contributed by atoms with Crippen LogP contribution < -0.4 is 0 Å². The summed E-state index contributed by atoms with van der Waals surface area (Å²) in [6.07, 6.45) is 0.199. The molecule has 0 spiro atoms. The van der Waals surface area contributed by atoms with Crippen LogP contribution in [0.25, 0.3) is 0 Å². The number of ether oxygens (including phenoxy) is 1. The predicted octanol–water partition coefficient (Wildman–Crippen LogP) is 2.14. The molecule has 4 nitrogen and oxygen atoms in total. The molecular weight excluding hydrogens is 232 g/mol. The van der Waals surface area contributed by atoms with E-state index in [0.717, 1.165) is 0 Å². The number of methoxy groups -OCH3 is 1. The van der Waals surface area contributed by atoms with E-state index in [0.29, 0.717) is 5.56 Å². The average Bonchev–Trinajstić information content (AvgIpc) is 2.25. The highest BCUT2D eigenvalue weighted by atomic mass is 35.5. The van der Waals surface area contributed by atoms with E-state index in [1.165, 1.54) is 7.11 Å². The summed E-state index contributed by atoms with van der Waals surface area (Å²) >= 11 is 5.87. The quantitative estimate of drug-likeness (QED) is 0.822. The lowest BCUT2D eigenvalue weighted by Gasteiger charge is -2.08. The standard InChI is InChI=1S/C11H11ClO4/c1-16-11(15)10-7(5-6-9(13)14)3-2-4-8(10)12/h2-4H,5-6H2,1H3,(H,13,14). The van der Waals surface area contributed by atoms with Crippen molar-refractivity contribution in [3.63, 3.8) is 0 Å². The van der Waals surface area contributed by atoms with Gasteiger partial charge in [0.2, 0.25) is 0 Å². The first kappa shape index (κ1) is 12.5. The largest absolute Gasteiger partial charge is 0.481 e. The van der Waals surface area contributed by atoms with Crippen molar-refractivity contribution in [2.45, 2.75) is 12.8 Å². The Morgan fingerprint density at radius 3 is 2.69 bits per heavy atom. The molecule has 0 atom stereocenters. The number of carboxylic acids is 1. The van der Waals surface area contributed by atoms with Gasteiger partial charge >= 0.3 is 11.9 Å². The first-order valence-electron chi connectivity index (χ1n) is 4.63. The molecule has 1 aromatic rings. The lowest BCUT2D eigenvalue weighted by molar-refractivity contribution is -0.136. The molecule has 0 aliphatic heterocycles. The van der Waals surface area contributed by atoms with Crippen LogP contribution in [0, 0.1) is 0 Å². The van der Waals surface area contributed by atoms with E-state index in [-0.39, 0.29) is 23.4 Å². The summed E-state index contributed by atoms with van der Waals surface area (Å²) in [6.45, 7) is 0. The molecule has 0 aliphatic rings. The third-order valence-electron chi connectivity index (χ3n) is 2.10.